The Morgan fingerprint density at radius 3 is 2.36 bits per heavy atom. The number of hydrogen-bond donors (Lipinski definition) is 0. The number of piperidine rings is 1. The predicted octanol–water partition coefficient (Wildman–Crippen LogP) is 3.50. The summed E-state index contributed by atoms with van der Waals surface area (Å²) in [4.78, 5) is 28.8. The number of nitrogens with zero attached hydrogens (tertiary/aromatic N) is 5. The number of carbonyl (C=O) groups excluding carboxylic acids is 1. The van der Waals surface area contributed by atoms with E-state index in [-0.39, 0.29) is 5.91 Å². The van der Waals surface area contributed by atoms with Gasteiger partial charge in [-0.1, -0.05) is 12.1 Å². The van der Waals surface area contributed by atoms with Crippen molar-refractivity contribution in [1.29, 1.82) is 0 Å². The summed E-state index contributed by atoms with van der Waals surface area (Å²) in [7, 11) is 0. The van der Waals surface area contributed by atoms with Crippen molar-refractivity contribution < 1.29 is 4.79 Å². The molecule has 6 nitrogen and oxygen atoms in total. The molecule has 2 aliphatic rings. The molecule has 2 saturated heterocycles. The van der Waals surface area contributed by atoms with Crippen molar-refractivity contribution in [2.75, 3.05) is 49.1 Å². The third-order valence-corrected chi connectivity index (χ3v) is 6.15. The lowest BCUT2D eigenvalue weighted by Crippen LogP contribution is -2.49. The number of carbonyl (C=O) groups is 1. The molecule has 0 N–H and O–H groups in total. The summed E-state index contributed by atoms with van der Waals surface area (Å²) < 4.78 is 0.847. The highest BCUT2D eigenvalue weighted by Gasteiger charge is 2.25. The summed E-state index contributed by atoms with van der Waals surface area (Å²) in [5, 5.41) is 0. The Morgan fingerprint density at radius 1 is 0.929 bits per heavy atom. The highest BCUT2D eigenvalue weighted by molar-refractivity contribution is 9.10. The molecule has 1 amide bonds. The minimum atomic E-state index is 0.0833. The van der Waals surface area contributed by atoms with Gasteiger partial charge in [-0.25, -0.2) is 4.98 Å². The van der Waals surface area contributed by atoms with Gasteiger partial charge in [-0.15, -0.1) is 0 Å². The van der Waals surface area contributed by atoms with Gasteiger partial charge in [0.15, 0.2) is 0 Å². The van der Waals surface area contributed by atoms with Gasteiger partial charge in [0.1, 0.15) is 5.82 Å². The van der Waals surface area contributed by atoms with Crippen LogP contribution in [0.15, 0.2) is 34.8 Å². The number of halogens is 1. The van der Waals surface area contributed by atoms with Gasteiger partial charge >= 0.3 is 0 Å². The number of anilines is 2. The van der Waals surface area contributed by atoms with Crippen LogP contribution < -0.4 is 9.80 Å². The maximum atomic E-state index is 12.8. The van der Waals surface area contributed by atoms with Gasteiger partial charge in [0.25, 0.3) is 5.91 Å². The fourth-order valence-corrected chi connectivity index (χ4v) is 4.33. The molecule has 0 atom stereocenters. The van der Waals surface area contributed by atoms with E-state index in [0.717, 1.165) is 53.7 Å². The van der Waals surface area contributed by atoms with E-state index < -0.39 is 0 Å². The third kappa shape index (κ3) is 4.14. The molecule has 0 unspecified atom stereocenters. The zero-order chi connectivity index (χ0) is 19.5. The quantitative estimate of drug-likeness (QED) is 0.726. The molecule has 28 heavy (non-hydrogen) atoms. The summed E-state index contributed by atoms with van der Waals surface area (Å²) in [5.41, 5.74) is 1.72. The molecule has 148 valence electrons. The molecule has 0 radical (unpaired) electrons. The van der Waals surface area contributed by atoms with E-state index in [1.165, 1.54) is 19.3 Å². The average molecular weight is 444 g/mol. The van der Waals surface area contributed by atoms with Gasteiger partial charge < -0.3 is 14.7 Å². The maximum Gasteiger partial charge on any atom is 0.255 e. The van der Waals surface area contributed by atoms with Crippen molar-refractivity contribution in [3.05, 3.63) is 46.1 Å². The first-order valence-electron chi connectivity index (χ1n) is 10.0. The van der Waals surface area contributed by atoms with E-state index in [1.807, 2.05) is 36.1 Å². The molecule has 3 heterocycles. The molecule has 0 saturated carbocycles. The fourth-order valence-electron chi connectivity index (χ4n) is 3.88. The molecule has 7 heteroatoms. The van der Waals surface area contributed by atoms with Crippen LogP contribution in [0.5, 0.6) is 0 Å². The van der Waals surface area contributed by atoms with Crippen LogP contribution in [-0.2, 0) is 0 Å². The lowest BCUT2D eigenvalue weighted by atomic mass is 10.1. The SMILES string of the molecule is Cc1cc(N2CCN(C(=O)c3ccccc3Br)CC2)nc(N2CCCCC2)n1. The van der Waals surface area contributed by atoms with Crippen LogP contribution in [0.3, 0.4) is 0 Å². The van der Waals surface area contributed by atoms with Gasteiger partial charge in [-0.05, 0) is 54.2 Å². The van der Waals surface area contributed by atoms with E-state index in [1.54, 1.807) is 0 Å². The van der Waals surface area contributed by atoms with Crippen molar-refractivity contribution in [2.24, 2.45) is 0 Å². The van der Waals surface area contributed by atoms with Crippen molar-refractivity contribution in [1.82, 2.24) is 14.9 Å². The Hall–Kier alpha value is -2.15. The van der Waals surface area contributed by atoms with Crippen molar-refractivity contribution >= 4 is 33.6 Å². The zero-order valence-corrected chi connectivity index (χ0v) is 17.9. The Morgan fingerprint density at radius 2 is 1.64 bits per heavy atom. The van der Waals surface area contributed by atoms with Crippen LogP contribution >= 0.6 is 15.9 Å². The van der Waals surface area contributed by atoms with Gasteiger partial charge in [0.2, 0.25) is 5.95 Å². The second kappa shape index (κ2) is 8.47. The molecule has 2 aromatic rings. The second-order valence-corrected chi connectivity index (χ2v) is 8.33. The first-order valence-corrected chi connectivity index (χ1v) is 10.8. The molecule has 1 aromatic carbocycles. The Kier molecular flexibility index (Phi) is 5.80. The fraction of sp³-hybridized carbons (Fsp3) is 0.476. The number of aryl methyl sites for hydroxylation is 1. The minimum Gasteiger partial charge on any atom is -0.353 e. The normalized spacial score (nSPS) is 17.7. The third-order valence-electron chi connectivity index (χ3n) is 5.46. The van der Waals surface area contributed by atoms with E-state index in [9.17, 15) is 4.79 Å². The molecule has 2 fully saturated rings. The van der Waals surface area contributed by atoms with E-state index in [0.29, 0.717) is 13.1 Å². The van der Waals surface area contributed by atoms with Crippen molar-refractivity contribution in [2.45, 2.75) is 26.2 Å². The lowest BCUT2D eigenvalue weighted by Gasteiger charge is -2.36. The Balaban J connectivity index is 1.44. The molecule has 0 bridgehead atoms. The standard InChI is InChI=1S/C21H26BrN5O/c1-16-15-19(24-21(23-16)27-9-5-2-6-10-27)25-11-13-26(14-12-25)20(28)17-7-3-4-8-18(17)22/h3-4,7-8,15H,2,5-6,9-14H2,1H3. The topological polar surface area (TPSA) is 52.6 Å². The van der Waals surface area contributed by atoms with Gasteiger partial charge in [-0.3, -0.25) is 4.79 Å². The number of aromatic nitrogens is 2. The summed E-state index contributed by atoms with van der Waals surface area (Å²) in [6.07, 6.45) is 3.72. The average Bonchev–Trinajstić information content (AvgIpc) is 2.74. The zero-order valence-electron chi connectivity index (χ0n) is 16.3. The van der Waals surface area contributed by atoms with Crippen LogP contribution in [0, 0.1) is 6.92 Å². The smallest absolute Gasteiger partial charge is 0.255 e. The number of benzene rings is 1. The van der Waals surface area contributed by atoms with Crippen LogP contribution in [0.4, 0.5) is 11.8 Å². The van der Waals surface area contributed by atoms with Gasteiger partial charge in [-0.2, -0.15) is 4.98 Å². The van der Waals surface area contributed by atoms with Gasteiger partial charge in [0, 0.05) is 55.5 Å². The Labute approximate surface area is 174 Å². The van der Waals surface area contributed by atoms with Crippen LogP contribution in [-0.4, -0.2) is 60.0 Å². The van der Waals surface area contributed by atoms with Crippen molar-refractivity contribution in [3.8, 4) is 0 Å². The minimum absolute atomic E-state index is 0.0833. The van der Waals surface area contributed by atoms with Crippen LogP contribution in [0.2, 0.25) is 0 Å². The molecule has 2 aliphatic heterocycles. The van der Waals surface area contributed by atoms with E-state index in [2.05, 4.69) is 36.8 Å². The summed E-state index contributed by atoms with van der Waals surface area (Å²) in [6, 6.07) is 9.67. The molecular formula is C21H26BrN5O. The summed E-state index contributed by atoms with van der Waals surface area (Å²) >= 11 is 3.49. The summed E-state index contributed by atoms with van der Waals surface area (Å²) in [6.45, 7) is 7.07. The molecule has 0 spiro atoms. The monoisotopic (exact) mass is 443 g/mol. The largest absolute Gasteiger partial charge is 0.353 e. The lowest BCUT2D eigenvalue weighted by molar-refractivity contribution is 0.0745. The number of rotatable bonds is 3. The van der Waals surface area contributed by atoms with Crippen molar-refractivity contribution in [3.63, 3.8) is 0 Å². The first kappa shape index (κ1) is 19.2. The van der Waals surface area contributed by atoms with E-state index in [4.69, 9.17) is 4.98 Å². The van der Waals surface area contributed by atoms with E-state index >= 15 is 0 Å². The molecule has 0 aliphatic carbocycles. The predicted molar refractivity (Wildman–Crippen MR) is 115 cm³/mol. The summed E-state index contributed by atoms with van der Waals surface area (Å²) in [5.74, 6) is 1.91. The number of piperazine rings is 1. The van der Waals surface area contributed by atoms with Crippen LogP contribution in [0.25, 0.3) is 0 Å². The molecule has 1 aromatic heterocycles. The number of amides is 1. The first-order chi connectivity index (χ1) is 13.6. The highest BCUT2D eigenvalue weighted by atomic mass is 79.9. The Bertz CT molecular complexity index is 844. The maximum absolute atomic E-state index is 12.8. The van der Waals surface area contributed by atoms with Gasteiger partial charge in [0.05, 0.1) is 5.56 Å². The molecule has 4 rings (SSSR count). The highest BCUT2D eigenvalue weighted by Crippen LogP contribution is 2.23. The van der Waals surface area contributed by atoms with Crippen LogP contribution in [0.1, 0.15) is 35.3 Å². The second-order valence-electron chi connectivity index (χ2n) is 7.47. The number of hydrogen-bond acceptors (Lipinski definition) is 5. The molecular weight excluding hydrogens is 418 g/mol.